The largest absolute Gasteiger partial charge is 0.497 e. The quantitative estimate of drug-likeness (QED) is 0.693. The molecule has 1 heterocycles. The van der Waals surface area contributed by atoms with Crippen LogP contribution in [0.5, 0.6) is 5.75 Å². The summed E-state index contributed by atoms with van der Waals surface area (Å²) < 4.78 is 5.09. The number of carbonyl (C=O) groups excluding carboxylic acids is 2. The number of urea groups is 1. The van der Waals surface area contributed by atoms with Gasteiger partial charge in [-0.15, -0.1) is 0 Å². The lowest BCUT2D eigenvalue weighted by atomic mass is 10.2. The Balaban J connectivity index is 1.88. The molecule has 0 unspecified atom stereocenters. The maximum atomic E-state index is 12.4. The smallest absolute Gasteiger partial charge is 0.333 e. The fraction of sp³-hybridized carbons (Fsp3) is 0.0588. The van der Waals surface area contributed by atoms with Crippen molar-refractivity contribution in [2.45, 2.75) is 0 Å². The van der Waals surface area contributed by atoms with Gasteiger partial charge in [-0.2, -0.15) is 0 Å². The van der Waals surface area contributed by atoms with E-state index in [1.165, 1.54) is 0 Å². The van der Waals surface area contributed by atoms with Gasteiger partial charge in [0.25, 0.3) is 5.91 Å². The molecule has 1 fully saturated rings. The number of anilines is 1. The monoisotopic (exact) mass is 328 g/mol. The predicted octanol–water partition coefficient (Wildman–Crippen LogP) is 3.45. The molecule has 0 aromatic heterocycles. The van der Waals surface area contributed by atoms with Crippen molar-refractivity contribution in [3.8, 4) is 5.75 Å². The fourth-order valence-corrected chi connectivity index (χ4v) is 2.35. The molecule has 0 atom stereocenters. The zero-order valence-corrected chi connectivity index (χ0v) is 13.0. The summed E-state index contributed by atoms with van der Waals surface area (Å²) in [4.78, 5) is 25.6. The first-order valence-electron chi connectivity index (χ1n) is 6.85. The van der Waals surface area contributed by atoms with Crippen molar-refractivity contribution >= 4 is 35.3 Å². The van der Waals surface area contributed by atoms with E-state index in [2.05, 4.69) is 5.32 Å². The predicted molar refractivity (Wildman–Crippen MR) is 88.4 cm³/mol. The molecule has 1 saturated heterocycles. The minimum absolute atomic E-state index is 0.218. The molecule has 5 nitrogen and oxygen atoms in total. The molecular formula is C17H13ClN2O3. The number of imide groups is 1. The maximum absolute atomic E-state index is 12.4. The second-order valence-electron chi connectivity index (χ2n) is 4.88. The Labute approximate surface area is 138 Å². The molecule has 3 amide bonds. The van der Waals surface area contributed by atoms with E-state index in [1.54, 1.807) is 61.7 Å². The summed E-state index contributed by atoms with van der Waals surface area (Å²) in [6, 6.07) is 13.2. The van der Waals surface area contributed by atoms with Crippen molar-refractivity contribution in [2.75, 3.05) is 12.0 Å². The van der Waals surface area contributed by atoms with Crippen molar-refractivity contribution in [2.24, 2.45) is 0 Å². The van der Waals surface area contributed by atoms with Crippen LogP contribution in [0.1, 0.15) is 5.56 Å². The highest BCUT2D eigenvalue weighted by molar-refractivity contribution is 6.31. The summed E-state index contributed by atoms with van der Waals surface area (Å²) >= 11 is 5.83. The van der Waals surface area contributed by atoms with Crippen LogP contribution in [-0.4, -0.2) is 19.0 Å². The van der Waals surface area contributed by atoms with Gasteiger partial charge in [-0.1, -0.05) is 23.7 Å². The van der Waals surface area contributed by atoms with Gasteiger partial charge < -0.3 is 10.1 Å². The number of halogens is 1. The molecule has 1 N–H and O–H groups in total. The zero-order valence-electron chi connectivity index (χ0n) is 12.2. The van der Waals surface area contributed by atoms with E-state index >= 15 is 0 Å². The van der Waals surface area contributed by atoms with Gasteiger partial charge in [0.05, 0.1) is 12.8 Å². The lowest BCUT2D eigenvalue weighted by Crippen LogP contribution is -2.30. The number of ether oxygens (including phenoxy) is 1. The summed E-state index contributed by atoms with van der Waals surface area (Å²) in [6.07, 6.45) is 1.62. The van der Waals surface area contributed by atoms with Crippen LogP contribution in [0.3, 0.4) is 0 Å². The number of benzene rings is 2. The Bertz CT molecular complexity index is 782. The third-order valence-corrected chi connectivity index (χ3v) is 3.64. The molecular weight excluding hydrogens is 316 g/mol. The number of carbonyl (C=O) groups is 2. The van der Waals surface area contributed by atoms with E-state index in [0.717, 1.165) is 16.2 Å². The minimum Gasteiger partial charge on any atom is -0.497 e. The number of hydrogen-bond acceptors (Lipinski definition) is 3. The molecule has 1 aliphatic heterocycles. The molecule has 6 heteroatoms. The summed E-state index contributed by atoms with van der Waals surface area (Å²) in [5.41, 5.74) is 1.47. The van der Waals surface area contributed by atoms with E-state index in [0.29, 0.717) is 10.7 Å². The molecule has 0 saturated carbocycles. The third kappa shape index (κ3) is 3.05. The van der Waals surface area contributed by atoms with Gasteiger partial charge in [-0.3, -0.25) is 4.79 Å². The first kappa shape index (κ1) is 15.1. The van der Waals surface area contributed by atoms with Gasteiger partial charge >= 0.3 is 6.03 Å². The van der Waals surface area contributed by atoms with Crippen LogP contribution in [0, 0.1) is 0 Å². The second-order valence-corrected chi connectivity index (χ2v) is 5.31. The van der Waals surface area contributed by atoms with Gasteiger partial charge in [-0.25, -0.2) is 9.69 Å². The van der Waals surface area contributed by atoms with E-state index < -0.39 is 11.9 Å². The highest BCUT2D eigenvalue weighted by Crippen LogP contribution is 2.24. The number of nitrogens with zero attached hydrogens (tertiary/aromatic N) is 1. The molecule has 0 radical (unpaired) electrons. The topological polar surface area (TPSA) is 58.6 Å². The molecule has 0 bridgehead atoms. The Morgan fingerprint density at radius 3 is 2.30 bits per heavy atom. The Kier molecular flexibility index (Phi) is 4.04. The molecule has 23 heavy (non-hydrogen) atoms. The van der Waals surface area contributed by atoms with E-state index in [-0.39, 0.29) is 5.70 Å². The van der Waals surface area contributed by atoms with Crippen LogP contribution < -0.4 is 15.0 Å². The van der Waals surface area contributed by atoms with Crippen molar-refractivity contribution in [3.05, 3.63) is 64.8 Å². The summed E-state index contributed by atoms with van der Waals surface area (Å²) in [5.74, 6) is 0.310. The highest BCUT2D eigenvalue weighted by atomic mass is 35.5. The van der Waals surface area contributed by atoms with Gasteiger partial charge in [0, 0.05) is 5.02 Å². The summed E-state index contributed by atoms with van der Waals surface area (Å²) in [5, 5.41) is 3.12. The molecule has 116 valence electrons. The van der Waals surface area contributed by atoms with E-state index in [4.69, 9.17) is 16.3 Å². The number of hydrogen-bond donors (Lipinski definition) is 1. The van der Waals surface area contributed by atoms with Crippen molar-refractivity contribution < 1.29 is 14.3 Å². The zero-order chi connectivity index (χ0) is 16.4. The fourth-order valence-electron chi connectivity index (χ4n) is 2.23. The molecule has 0 spiro atoms. The van der Waals surface area contributed by atoms with Gasteiger partial charge in [0.2, 0.25) is 0 Å². The summed E-state index contributed by atoms with van der Waals surface area (Å²) in [6.45, 7) is 0. The second kappa shape index (κ2) is 6.14. The molecule has 2 aromatic carbocycles. The van der Waals surface area contributed by atoms with Crippen molar-refractivity contribution in [1.82, 2.24) is 5.32 Å². The summed E-state index contributed by atoms with van der Waals surface area (Å²) in [7, 11) is 1.58. The number of amides is 3. The first-order valence-corrected chi connectivity index (χ1v) is 7.23. The Morgan fingerprint density at radius 2 is 1.70 bits per heavy atom. The third-order valence-electron chi connectivity index (χ3n) is 3.39. The van der Waals surface area contributed by atoms with Crippen LogP contribution in [0.25, 0.3) is 6.08 Å². The van der Waals surface area contributed by atoms with Crippen molar-refractivity contribution in [1.29, 1.82) is 0 Å². The Hall–Kier alpha value is -2.79. The molecule has 2 aromatic rings. The van der Waals surface area contributed by atoms with Crippen LogP contribution in [0.2, 0.25) is 5.02 Å². The Morgan fingerprint density at radius 1 is 1.04 bits per heavy atom. The van der Waals surface area contributed by atoms with Crippen LogP contribution in [0.15, 0.2) is 54.2 Å². The van der Waals surface area contributed by atoms with Gasteiger partial charge in [-0.05, 0) is 48.0 Å². The average Bonchev–Trinajstić information content (AvgIpc) is 2.83. The average molecular weight is 329 g/mol. The molecule has 1 aliphatic rings. The van der Waals surface area contributed by atoms with Crippen LogP contribution in [0.4, 0.5) is 10.5 Å². The normalized spacial score (nSPS) is 15.9. The standard InChI is InChI=1S/C17H13ClN2O3/c1-23-14-8-2-11(3-9-14)10-15-16(21)20(17(22)19-15)13-6-4-12(18)5-7-13/h2-10H,1H3,(H,19,22)/b15-10-. The lowest BCUT2D eigenvalue weighted by Gasteiger charge is -2.11. The highest BCUT2D eigenvalue weighted by Gasteiger charge is 2.34. The number of methoxy groups -OCH3 is 1. The SMILES string of the molecule is COc1ccc(/C=C2\NC(=O)N(c3ccc(Cl)cc3)C2=O)cc1. The van der Waals surface area contributed by atoms with Gasteiger partial charge in [0.15, 0.2) is 0 Å². The molecule has 3 rings (SSSR count). The molecule has 0 aliphatic carbocycles. The number of nitrogens with one attached hydrogen (secondary N) is 1. The van der Waals surface area contributed by atoms with Gasteiger partial charge in [0.1, 0.15) is 11.4 Å². The van der Waals surface area contributed by atoms with Crippen LogP contribution >= 0.6 is 11.6 Å². The van der Waals surface area contributed by atoms with Crippen LogP contribution in [-0.2, 0) is 4.79 Å². The maximum Gasteiger partial charge on any atom is 0.333 e. The lowest BCUT2D eigenvalue weighted by molar-refractivity contribution is -0.113. The van der Waals surface area contributed by atoms with E-state index in [1.807, 2.05) is 0 Å². The minimum atomic E-state index is -0.489. The first-order chi connectivity index (χ1) is 11.1. The van der Waals surface area contributed by atoms with Crippen molar-refractivity contribution in [3.63, 3.8) is 0 Å². The van der Waals surface area contributed by atoms with E-state index in [9.17, 15) is 9.59 Å². The number of rotatable bonds is 3.